The third-order valence-electron chi connectivity index (χ3n) is 3.91. The molecule has 0 radical (unpaired) electrons. The molecule has 0 bridgehead atoms. The highest BCUT2D eigenvalue weighted by Gasteiger charge is 2.25. The topological polar surface area (TPSA) is 78.4 Å². The van der Waals surface area contributed by atoms with Crippen LogP contribution in [0.4, 0.5) is 4.79 Å². The minimum atomic E-state index is -0.829. The van der Waals surface area contributed by atoms with Gasteiger partial charge >= 0.3 is 12.0 Å². The first-order valence-electron chi connectivity index (χ1n) is 7.13. The fourth-order valence-corrected chi connectivity index (χ4v) is 2.81. The Labute approximate surface area is 113 Å². The number of hydrogen-bond acceptors (Lipinski definition) is 2. The van der Waals surface area contributed by atoms with Crippen molar-refractivity contribution in [2.45, 2.75) is 57.0 Å². The van der Waals surface area contributed by atoms with E-state index in [2.05, 4.69) is 10.6 Å². The molecule has 2 rings (SSSR count). The molecule has 0 aromatic carbocycles. The van der Waals surface area contributed by atoms with Gasteiger partial charge in [-0.05, 0) is 19.3 Å². The molecule has 19 heavy (non-hydrogen) atoms. The molecule has 5 heteroatoms. The second-order valence-corrected chi connectivity index (χ2v) is 5.48. The number of carbonyl (C=O) groups is 2. The smallest absolute Gasteiger partial charge is 0.315 e. The van der Waals surface area contributed by atoms with Crippen molar-refractivity contribution in [1.29, 1.82) is 0 Å². The Morgan fingerprint density at radius 2 is 1.68 bits per heavy atom. The molecule has 1 saturated carbocycles. The number of aliphatic carboxylic acids is 1. The average molecular weight is 266 g/mol. The summed E-state index contributed by atoms with van der Waals surface area (Å²) in [5.74, 6) is -1.30. The maximum absolute atomic E-state index is 11.9. The number of rotatable bonds is 3. The van der Waals surface area contributed by atoms with E-state index < -0.39 is 11.9 Å². The summed E-state index contributed by atoms with van der Waals surface area (Å²) in [7, 11) is 0. The lowest BCUT2D eigenvalue weighted by Crippen LogP contribution is -2.45. The predicted molar refractivity (Wildman–Crippen MR) is 71.8 cm³/mol. The molecule has 0 heterocycles. The zero-order valence-corrected chi connectivity index (χ0v) is 11.1. The van der Waals surface area contributed by atoms with Gasteiger partial charge in [-0.1, -0.05) is 37.8 Å². The van der Waals surface area contributed by atoms with Gasteiger partial charge in [-0.2, -0.15) is 0 Å². The molecule has 0 saturated heterocycles. The molecular weight excluding hydrogens is 244 g/mol. The number of carbonyl (C=O) groups excluding carboxylic acids is 1. The molecule has 2 atom stereocenters. The minimum absolute atomic E-state index is 0.160. The fraction of sp³-hybridized carbons (Fsp3) is 0.714. The molecule has 106 valence electrons. The number of amides is 2. The summed E-state index contributed by atoms with van der Waals surface area (Å²) in [5, 5.41) is 14.7. The van der Waals surface area contributed by atoms with Crippen LogP contribution in [0.25, 0.3) is 0 Å². The maximum Gasteiger partial charge on any atom is 0.315 e. The summed E-state index contributed by atoms with van der Waals surface area (Å²) in [6.45, 7) is 0. The second kappa shape index (κ2) is 6.59. The van der Waals surface area contributed by atoms with Crippen LogP contribution in [0.5, 0.6) is 0 Å². The number of hydrogen-bond donors (Lipinski definition) is 3. The van der Waals surface area contributed by atoms with Gasteiger partial charge in [0.25, 0.3) is 0 Å². The van der Waals surface area contributed by atoms with Crippen LogP contribution in [0.1, 0.15) is 44.9 Å². The highest BCUT2D eigenvalue weighted by molar-refractivity contribution is 5.76. The normalized spacial score (nSPS) is 27.8. The summed E-state index contributed by atoms with van der Waals surface area (Å²) in [6.07, 6.45) is 10.8. The Morgan fingerprint density at radius 1 is 1.00 bits per heavy atom. The monoisotopic (exact) mass is 266 g/mol. The van der Waals surface area contributed by atoms with Crippen LogP contribution in [0.15, 0.2) is 12.2 Å². The SMILES string of the molecule is O=C(NC1C=CC(C(=O)O)C1)NC1CCCCCC1. The standard InChI is InChI=1S/C14H22N2O3/c17-13(18)10-7-8-12(9-10)16-14(19)15-11-5-3-1-2-4-6-11/h7-8,10-12H,1-6,9H2,(H,17,18)(H2,15,16,19). The Balaban J connectivity index is 1.72. The van der Waals surface area contributed by atoms with Gasteiger partial charge in [0.1, 0.15) is 0 Å². The van der Waals surface area contributed by atoms with Gasteiger partial charge in [0.2, 0.25) is 0 Å². The lowest BCUT2D eigenvalue weighted by atomic mass is 10.1. The highest BCUT2D eigenvalue weighted by atomic mass is 16.4. The van der Waals surface area contributed by atoms with E-state index >= 15 is 0 Å². The van der Waals surface area contributed by atoms with E-state index in [0.717, 1.165) is 12.8 Å². The number of nitrogens with one attached hydrogen (secondary N) is 2. The van der Waals surface area contributed by atoms with Crippen LogP contribution in [-0.2, 0) is 4.79 Å². The Bertz CT molecular complexity index is 360. The van der Waals surface area contributed by atoms with Gasteiger partial charge in [-0.25, -0.2) is 4.79 Å². The van der Waals surface area contributed by atoms with Crippen molar-refractivity contribution in [1.82, 2.24) is 10.6 Å². The minimum Gasteiger partial charge on any atom is -0.481 e. The van der Waals surface area contributed by atoms with Crippen molar-refractivity contribution < 1.29 is 14.7 Å². The zero-order valence-electron chi connectivity index (χ0n) is 11.1. The average Bonchev–Trinajstić information content (AvgIpc) is 2.67. The molecule has 2 aliphatic carbocycles. The van der Waals surface area contributed by atoms with E-state index in [-0.39, 0.29) is 18.1 Å². The third-order valence-corrected chi connectivity index (χ3v) is 3.91. The lowest BCUT2D eigenvalue weighted by molar-refractivity contribution is -0.140. The third kappa shape index (κ3) is 4.26. The summed E-state index contributed by atoms with van der Waals surface area (Å²) >= 11 is 0. The molecule has 0 aliphatic heterocycles. The lowest BCUT2D eigenvalue weighted by Gasteiger charge is -2.19. The van der Waals surface area contributed by atoms with Crippen molar-refractivity contribution in [3.63, 3.8) is 0 Å². The first-order valence-corrected chi connectivity index (χ1v) is 7.13. The van der Waals surface area contributed by atoms with Gasteiger partial charge in [0.05, 0.1) is 12.0 Å². The Morgan fingerprint density at radius 3 is 2.26 bits per heavy atom. The molecule has 1 fully saturated rings. The molecule has 0 spiro atoms. The second-order valence-electron chi connectivity index (χ2n) is 5.48. The largest absolute Gasteiger partial charge is 0.481 e. The van der Waals surface area contributed by atoms with E-state index in [9.17, 15) is 9.59 Å². The van der Waals surface area contributed by atoms with Crippen molar-refractivity contribution in [2.24, 2.45) is 5.92 Å². The van der Waals surface area contributed by atoms with E-state index in [1.807, 2.05) is 0 Å². The fourth-order valence-electron chi connectivity index (χ4n) is 2.81. The van der Waals surface area contributed by atoms with E-state index in [1.54, 1.807) is 12.2 Å². The molecule has 3 N–H and O–H groups in total. The van der Waals surface area contributed by atoms with Gasteiger partial charge in [0.15, 0.2) is 0 Å². The molecule has 0 aromatic rings. The van der Waals surface area contributed by atoms with Crippen molar-refractivity contribution in [3.8, 4) is 0 Å². The molecule has 2 aliphatic rings. The summed E-state index contributed by atoms with van der Waals surface area (Å²) in [6, 6.07) is -0.0670. The van der Waals surface area contributed by atoms with Crippen LogP contribution in [0, 0.1) is 5.92 Å². The van der Waals surface area contributed by atoms with Crippen molar-refractivity contribution >= 4 is 12.0 Å². The van der Waals surface area contributed by atoms with Crippen LogP contribution < -0.4 is 10.6 Å². The summed E-state index contributed by atoms with van der Waals surface area (Å²) in [5.41, 5.74) is 0. The van der Waals surface area contributed by atoms with Gasteiger partial charge < -0.3 is 15.7 Å². The Hall–Kier alpha value is -1.52. The highest BCUT2D eigenvalue weighted by Crippen LogP contribution is 2.19. The molecule has 2 unspecified atom stereocenters. The molecular formula is C14H22N2O3. The molecule has 2 amide bonds. The van der Waals surface area contributed by atoms with Gasteiger partial charge in [0, 0.05) is 6.04 Å². The van der Waals surface area contributed by atoms with Crippen molar-refractivity contribution in [2.75, 3.05) is 0 Å². The van der Waals surface area contributed by atoms with Crippen LogP contribution in [-0.4, -0.2) is 29.2 Å². The first-order chi connectivity index (χ1) is 9.15. The van der Waals surface area contributed by atoms with E-state index in [4.69, 9.17) is 5.11 Å². The summed E-state index contributed by atoms with van der Waals surface area (Å²) < 4.78 is 0. The number of carboxylic acids is 1. The first kappa shape index (κ1) is 13.9. The van der Waals surface area contributed by atoms with E-state index in [1.165, 1.54) is 25.7 Å². The van der Waals surface area contributed by atoms with Crippen molar-refractivity contribution in [3.05, 3.63) is 12.2 Å². The zero-order chi connectivity index (χ0) is 13.7. The van der Waals surface area contributed by atoms with Gasteiger partial charge in [-0.15, -0.1) is 0 Å². The van der Waals surface area contributed by atoms with Crippen LogP contribution >= 0.6 is 0 Å². The van der Waals surface area contributed by atoms with Crippen LogP contribution in [0.2, 0.25) is 0 Å². The maximum atomic E-state index is 11.9. The Kier molecular flexibility index (Phi) is 4.82. The summed E-state index contributed by atoms with van der Waals surface area (Å²) in [4.78, 5) is 22.7. The molecule has 5 nitrogen and oxygen atoms in total. The number of urea groups is 1. The van der Waals surface area contributed by atoms with Crippen LogP contribution in [0.3, 0.4) is 0 Å². The quantitative estimate of drug-likeness (QED) is 0.540. The van der Waals surface area contributed by atoms with E-state index in [0.29, 0.717) is 6.42 Å². The molecule has 0 aromatic heterocycles. The van der Waals surface area contributed by atoms with Gasteiger partial charge in [-0.3, -0.25) is 4.79 Å². The number of carboxylic acid groups (broad SMARTS) is 1. The predicted octanol–water partition coefficient (Wildman–Crippen LogP) is 2.04.